The standard InChI is InChI=1S/C20H25N3O/c24-20(13-7-5-8-13)23-17-11-4-1-6-14(17)12-18(23)19-21-15-9-2-3-10-16(15)22-19/h2-3,9-10,13-14,17-18H,1,4-8,11-12H2,(H,21,22). The lowest BCUT2D eigenvalue weighted by atomic mass is 9.82. The van der Waals surface area contributed by atoms with Gasteiger partial charge in [0.15, 0.2) is 0 Å². The van der Waals surface area contributed by atoms with E-state index < -0.39 is 0 Å². The molecule has 2 heterocycles. The van der Waals surface area contributed by atoms with Crippen molar-refractivity contribution in [3.63, 3.8) is 0 Å². The summed E-state index contributed by atoms with van der Waals surface area (Å²) in [6.45, 7) is 0. The number of imidazole rings is 1. The van der Waals surface area contributed by atoms with Crippen LogP contribution in [-0.2, 0) is 4.79 Å². The Balaban J connectivity index is 1.52. The molecule has 3 fully saturated rings. The number of hydrogen-bond acceptors (Lipinski definition) is 2. The van der Waals surface area contributed by atoms with E-state index in [0.29, 0.717) is 17.9 Å². The second kappa shape index (κ2) is 5.61. The van der Waals surface area contributed by atoms with Crippen LogP contribution >= 0.6 is 0 Å². The third-order valence-electron chi connectivity index (χ3n) is 6.52. The van der Waals surface area contributed by atoms with Gasteiger partial charge in [-0.1, -0.05) is 31.4 Å². The molecule has 4 nitrogen and oxygen atoms in total. The molecule has 1 N–H and O–H groups in total. The third kappa shape index (κ3) is 2.19. The summed E-state index contributed by atoms with van der Waals surface area (Å²) in [5.74, 6) is 2.35. The van der Waals surface area contributed by atoms with Crippen LogP contribution in [0.4, 0.5) is 0 Å². The number of H-pyrrole nitrogens is 1. The van der Waals surface area contributed by atoms with Crippen LogP contribution in [0.5, 0.6) is 0 Å². The lowest BCUT2D eigenvalue weighted by Crippen LogP contribution is -2.45. The highest BCUT2D eigenvalue weighted by molar-refractivity contribution is 5.81. The summed E-state index contributed by atoms with van der Waals surface area (Å²) in [6, 6.07) is 8.79. The van der Waals surface area contributed by atoms with Crippen molar-refractivity contribution in [2.45, 2.75) is 63.5 Å². The van der Waals surface area contributed by atoms with Gasteiger partial charge in [0, 0.05) is 12.0 Å². The van der Waals surface area contributed by atoms with Gasteiger partial charge < -0.3 is 9.88 Å². The maximum Gasteiger partial charge on any atom is 0.226 e. The van der Waals surface area contributed by atoms with Gasteiger partial charge in [-0.15, -0.1) is 0 Å². The molecule has 2 saturated carbocycles. The molecule has 3 aliphatic rings. The molecular formula is C20H25N3O. The molecule has 0 bridgehead atoms. The molecule has 2 aliphatic carbocycles. The van der Waals surface area contributed by atoms with Crippen molar-refractivity contribution in [2.75, 3.05) is 0 Å². The Kier molecular flexibility index (Phi) is 3.39. The van der Waals surface area contributed by atoms with E-state index in [0.717, 1.165) is 36.1 Å². The molecule has 1 saturated heterocycles. The second-order valence-corrected chi connectivity index (χ2v) is 7.88. The van der Waals surface area contributed by atoms with E-state index in [1.165, 1.54) is 32.1 Å². The summed E-state index contributed by atoms with van der Waals surface area (Å²) >= 11 is 0. The number of likely N-dealkylation sites (tertiary alicyclic amines) is 1. The molecule has 0 spiro atoms. The van der Waals surface area contributed by atoms with Gasteiger partial charge in [0.25, 0.3) is 0 Å². The third-order valence-corrected chi connectivity index (χ3v) is 6.52. The zero-order chi connectivity index (χ0) is 16.1. The SMILES string of the molecule is O=C(C1CCC1)N1C(c2nc3ccccc3[nH]2)CC2CCCCC21. The molecule has 1 amide bonds. The topological polar surface area (TPSA) is 49.0 Å². The van der Waals surface area contributed by atoms with Crippen LogP contribution in [0.3, 0.4) is 0 Å². The van der Waals surface area contributed by atoms with Crippen molar-refractivity contribution >= 4 is 16.9 Å². The number of benzene rings is 1. The van der Waals surface area contributed by atoms with Gasteiger partial charge in [0.1, 0.15) is 5.82 Å². The van der Waals surface area contributed by atoms with Gasteiger partial charge in [-0.2, -0.15) is 0 Å². The molecule has 1 aliphatic heterocycles. The number of nitrogens with one attached hydrogen (secondary N) is 1. The monoisotopic (exact) mass is 323 g/mol. The number of hydrogen-bond donors (Lipinski definition) is 1. The molecule has 1 aromatic carbocycles. The zero-order valence-electron chi connectivity index (χ0n) is 14.1. The van der Waals surface area contributed by atoms with Crippen molar-refractivity contribution in [1.82, 2.24) is 14.9 Å². The molecule has 4 heteroatoms. The highest BCUT2D eigenvalue weighted by Gasteiger charge is 2.48. The molecule has 5 rings (SSSR count). The smallest absolute Gasteiger partial charge is 0.226 e. The Labute approximate surface area is 142 Å². The number of aromatic nitrogens is 2. The van der Waals surface area contributed by atoms with E-state index >= 15 is 0 Å². The van der Waals surface area contributed by atoms with Crippen LogP contribution in [0.1, 0.15) is 63.2 Å². The van der Waals surface area contributed by atoms with Gasteiger partial charge >= 0.3 is 0 Å². The summed E-state index contributed by atoms with van der Waals surface area (Å²) in [7, 11) is 0. The Bertz CT molecular complexity index is 730. The lowest BCUT2D eigenvalue weighted by molar-refractivity contribution is -0.142. The van der Waals surface area contributed by atoms with Gasteiger partial charge in [-0.3, -0.25) is 4.79 Å². The predicted molar refractivity (Wildman–Crippen MR) is 93.4 cm³/mol. The Hall–Kier alpha value is -1.84. The van der Waals surface area contributed by atoms with Gasteiger partial charge in [-0.25, -0.2) is 4.98 Å². The number of nitrogens with zero attached hydrogens (tertiary/aromatic N) is 2. The fourth-order valence-corrected chi connectivity index (χ4v) is 5.02. The minimum atomic E-state index is 0.151. The van der Waals surface area contributed by atoms with Crippen molar-refractivity contribution in [3.05, 3.63) is 30.1 Å². The van der Waals surface area contributed by atoms with Gasteiger partial charge in [0.2, 0.25) is 5.91 Å². The Morgan fingerprint density at radius 1 is 1.08 bits per heavy atom. The first-order valence-corrected chi connectivity index (χ1v) is 9.58. The fourth-order valence-electron chi connectivity index (χ4n) is 5.02. The van der Waals surface area contributed by atoms with E-state index in [1.54, 1.807) is 0 Å². The summed E-state index contributed by atoms with van der Waals surface area (Å²) in [5, 5.41) is 0. The highest BCUT2D eigenvalue weighted by atomic mass is 16.2. The van der Waals surface area contributed by atoms with Crippen LogP contribution in [0.2, 0.25) is 0 Å². The molecule has 3 atom stereocenters. The molecular weight excluding hydrogens is 298 g/mol. The average Bonchev–Trinajstić information content (AvgIpc) is 3.14. The summed E-state index contributed by atoms with van der Waals surface area (Å²) < 4.78 is 0. The van der Waals surface area contributed by atoms with E-state index in [4.69, 9.17) is 4.98 Å². The van der Waals surface area contributed by atoms with Crippen molar-refractivity contribution in [2.24, 2.45) is 11.8 Å². The first-order chi connectivity index (χ1) is 11.8. The van der Waals surface area contributed by atoms with Crippen molar-refractivity contribution in [1.29, 1.82) is 0 Å². The first kappa shape index (κ1) is 14.5. The van der Waals surface area contributed by atoms with E-state index in [2.05, 4.69) is 22.0 Å². The van der Waals surface area contributed by atoms with Crippen molar-refractivity contribution in [3.8, 4) is 0 Å². The highest BCUT2D eigenvalue weighted by Crippen LogP contribution is 2.47. The Morgan fingerprint density at radius 3 is 2.71 bits per heavy atom. The van der Waals surface area contributed by atoms with Crippen LogP contribution in [0.15, 0.2) is 24.3 Å². The van der Waals surface area contributed by atoms with Crippen LogP contribution in [0, 0.1) is 11.8 Å². The number of aromatic amines is 1. The maximum absolute atomic E-state index is 13.2. The van der Waals surface area contributed by atoms with E-state index in [-0.39, 0.29) is 12.0 Å². The number of para-hydroxylation sites is 2. The molecule has 3 unspecified atom stereocenters. The number of amides is 1. The largest absolute Gasteiger partial charge is 0.340 e. The first-order valence-electron chi connectivity index (χ1n) is 9.58. The van der Waals surface area contributed by atoms with Crippen molar-refractivity contribution < 1.29 is 4.79 Å². The normalized spacial score (nSPS) is 30.3. The average molecular weight is 323 g/mol. The zero-order valence-corrected chi connectivity index (χ0v) is 14.1. The molecule has 0 radical (unpaired) electrons. The summed E-state index contributed by atoms with van der Waals surface area (Å²) in [6.07, 6.45) is 9.51. The van der Waals surface area contributed by atoms with Crippen LogP contribution in [-0.4, -0.2) is 26.8 Å². The summed E-state index contributed by atoms with van der Waals surface area (Å²) in [4.78, 5) is 23.8. The second-order valence-electron chi connectivity index (χ2n) is 7.88. The number of carbonyl (C=O) groups excluding carboxylic acids is 1. The minimum Gasteiger partial charge on any atom is -0.340 e. The van der Waals surface area contributed by atoms with E-state index in [1.807, 2.05) is 12.1 Å². The summed E-state index contributed by atoms with van der Waals surface area (Å²) in [5.41, 5.74) is 2.09. The van der Waals surface area contributed by atoms with Crippen LogP contribution in [0.25, 0.3) is 11.0 Å². The predicted octanol–water partition coefficient (Wildman–Crippen LogP) is 4.20. The number of carbonyl (C=O) groups is 1. The Morgan fingerprint density at radius 2 is 1.92 bits per heavy atom. The van der Waals surface area contributed by atoms with Gasteiger partial charge in [-0.05, 0) is 50.2 Å². The van der Waals surface area contributed by atoms with Gasteiger partial charge in [0.05, 0.1) is 17.1 Å². The van der Waals surface area contributed by atoms with Crippen LogP contribution < -0.4 is 0 Å². The van der Waals surface area contributed by atoms with E-state index in [9.17, 15) is 4.79 Å². The quantitative estimate of drug-likeness (QED) is 0.900. The number of rotatable bonds is 2. The molecule has 1 aromatic heterocycles. The molecule has 2 aromatic rings. The fraction of sp³-hybridized carbons (Fsp3) is 0.600. The lowest BCUT2D eigenvalue weighted by Gasteiger charge is -2.38. The minimum absolute atomic E-state index is 0.151. The molecule has 24 heavy (non-hydrogen) atoms. The number of fused-ring (bicyclic) bond motifs is 2. The molecule has 126 valence electrons. The maximum atomic E-state index is 13.2.